The number of piperidine rings is 1. The van der Waals surface area contributed by atoms with Crippen molar-refractivity contribution in [2.75, 3.05) is 32.0 Å². The number of nitrogens with one attached hydrogen (secondary N) is 1. The molecule has 7 heteroatoms. The van der Waals surface area contributed by atoms with Crippen molar-refractivity contribution in [3.05, 3.63) is 41.3 Å². The third kappa shape index (κ3) is 5.82. The fourth-order valence-electron chi connectivity index (χ4n) is 5.06. The maximum Gasteiger partial charge on any atom is 0.236 e. The van der Waals surface area contributed by atoms with Crippen molar-refractivity contribution in [1.29, 1.82) is 0 Å². The van der Waals surface area contributed by atoms with E-state index >= 15 is 0 Å². The van der Waals surface area contributed by atoms with Crippen LogP contribution < -0.4 is 5.32 Å². The Morgan fingerprint density at radius 1 is 1.06 bits per heavy atom. The molecule has 2 aromatic heterocycles. The van der Waals surface area contributed by atoms with Crippen LogP contribution in [0.3, 0.4) is 0 Å². The summed E-state index contributed by atoms with van der Waals surface area (Å²) < 4.78 is 0. The molecule has 3 heterocycles. The topological polar surface area (TPSA) is 74.2 Å². The highest BCUT2D eigenvalue weighted by Gasteiger charge is 2.27. The van der Waals surface area contributed by atoms with E-state index < -0.39 is 0 Å². The van der Waals surface area contributed by atoms with Crippen molar-refractivity contribution in [3.63, 3.8) is 0 Å². The summed E-state index contributed by atoms with van der Waals surface area (Å²) in [5, 5.41) is 3.25. The van der Waals surface area contributed by atoms with Crippen LogP contribution in [0.1, 0.15) is 67.9 Å². The van der Waals surface area contributed by atoms with Crippen molar-refractivity contribution in [2.45, 2.75) is 70.8 Å². The number of hydrogen-bond acceptors (Lipinski definition) is 6. The van der Waals surface area contributed by atoms with E-state index in [4.69, 9.17) is 4.98 Å². The van der Waals surface area contributed by atoms with Crippen LogP contribution in [0.4, 0.5) is 11.8 Å². The lowest BCUT2D eigenvalue weighted by atomic mass is 9.93. The van der Waals surface area contributed by atoms with Gasteiger partial charge in [-0.05, 0) is 64.3 Å². The lowest BCUT2D eigenvalue weighted by Crippen LogP contribution is -2.46. The molecule has 7 nitrogen and oxygen atoms in total. The molecule has 1 atom stereocenters. The Balaban J connectivity index is 1.37. The molecule has 1 aliphatic carbocycles. The summed E-state index contributed by atoms with van der Waals surface area (Å²) >= 11 is 0. The molecule has 1 amide bonds. The Morgan fingerprint density at radius 2 is 1.81 bits per heavy atom. The predicted octanol–water partition coefficient (Wildman–Crippen LogP) is 4.20. The molecular weight excluding hydrogens is 400 g/mol. The molecule has 1 N–H and O–H groups in total. The second kappa shape index (κ2) is 10.4. The standard InChI is InChI=1S/C25H36N6O/c1-18-15-19(2)27-25(26-18)29-23-13-7-12-22(28-23)20-9-8-14-31(16-20)17-24(32)30(3)21-10-5-4-6-11-21/h7,12-13,15,20-21H,4-6,8-11,14,16-17H2,1-3H3,(H,26,27,28,29)/t20-/m1/s1. The quantitative estimate of drug-likeness (QED) is 0.731. The van der Waals surface area contributed by atoms with Crippen LogP contribution in [0.15, 0.2) is 24.3 Å². The van der Waals surface area contributed by atoms with Gasteiger partial charge in [-0.2, -0.15) is 0 Å². The molecule has 1 aliphatic heterocycles. The van der Waals surface area contributed by atoms with Gasteiger partial charge in [-0.25, -0.2) is 15.0 Å². The van der Waals surface area contributed by atoms with Gasteiger partial charge in [0.05, 0.1) is 6.54 Å². The molecule has 4 rings (SSSR count). The first-order chi connectivity index (χ1) is 15.5. The maximum atomic E-state index is 12.9. The molecule has 0 unspecified atom stereocenters. The summed E-state index contributed by atoms with van der Waals surface area (Å²) in [6.45, 7) is 6.30. The van der Waals surface area contributed by atoms with Gasteiger partial charge in [0.1, 0.15) is 5.82 Å². The van der Waals surface area contributed by atoms with Gasteiger partial charge in [-0.1, -0.05) is 25.3 Å². The normalized spacial score (nSPS) is 20.2. The fourth-order valence-corrected chi connectivity index (χ4v) is 5.06. The van der Waals surface area contributed by atoms with E-state index in [2.05, 4.69) is 26.3 Å². The van der Waals surface area contributed by atoms with Crippen LogP contribution in [-0.2, 0) is 4.79 Å². The summed E-state index contributed by atoms with van der Waals surface area (Å²) in [4.78, 5) is 31.0. The van der Waals surface area contributed by atoms with Gasteiger partial charge in [0.25, 0.3) is 0 Å². The molecule has 1 saturated heterocycles. The number of carbonyl (C=O) groups excluding carboxylic acids is 1. The van der Waals surface area contributed by atoms with Crippen molar-refractivity contribution in [3.8, 4) is 0 Å². The van der Waals surface area contributed by atoms with Crippen LogP contribution in [-0.4, -0.2) is 63.4 Å². The number of nitrogens with zero attached hydrogens (tertiary/aromatic N) is 5. The molecule has 0 spiro atoms. The zero-order valence-corrected chi connectivity index (χ0v) is 19.7. The van der Waals surface area contributed by atoms with Crippen LogP contribution in [0.2, 0.25) is 0 Å². The average molecular weight is 437 g/mol. The van der Waals surface area contributed by atoms with Gasteiger partial charge in [0, 0.05) is 42.6 Å². The first kappa shape index (κ1) is 22.6. The van der Waals surface area contributed by atoms with Gasteiger partial charge in [0.15, 0.2) is 0 Å². The zero-order valence-electron chi connectivity index (χ0n) is 19.7. The molecule has 0 radical (unpaired) electrons. The number of aryl methyl sites for hydroxylation is 2. The Bertz CT molecular complexity index is 906. The molecule has 1 saturated carbocycles. The minimum absolute atomic E-state index is 0.257. The number of aromatic nitrogens is 3. The van der Waals surface area contributed by atoms with Gasteiger partial charge in [-0.3, -0.25) is 9.69 Å². The van der Waals surface area contributed by atoms with E-state index in [0.717, 1.165) is 61.7 Å². The van der Waals surface area contributed by atoms with Crippen molar-refractivity contribution >= 4 is 17.7 Å². The highest BCUT2D eigenvalue weighted by Crippen LogP contribution is 2.27. The number of amides is 1. The summed E-state index contributed by atoms with van der Waals surface area (Å²) in [6, 6.07) is 8.46. The highest BCUT2D eigenvalue weighted by molar-refractivity contribution is 5.78. The first-order valence-corrected chi connectivity index (χ1v) is 12.0. The lowest BCUT2D eigenvalue weighted by Gasteiger charge is -2.36. The Hall–Kier alpha value is -2.54. The van der Waals surface area contributed by atoms with E-state index in [-0.39, 0.29) is 5.91 Å². The minimum atomic E-state index is 0.257. The van der Waals surface area contributed by atoms with E-state index in [0.29, 0.717) is 24.5 Å². The van der Waals surface area contributed by atoms with Crippen LogP contribution >= 0.6 is 0 Å². The molecule has 2 fully saturated rings. The maximum absolute atomic E-state index is 12.9. The molecular formula is C25H36N6O. The van der Waals surface area contributed by atoms with E-state index in [9.17, 15) is 4.79 Å². The van der Waals surface area contributed by atoms with Crippen LogP contribution in [0.5, 0.6) is 0 Å². The number of carbonyl (C=O) groups is 1. The Morgan fingerprint density at radius 3 is 2.56 bits per heavy atom. The zero-order chi connectivity index (χ0) is 22.5. The minimum Gasteiger partial charge on any atom is -0.342 e. The Kier molecular flexibility index (Phi) is 7.35. The predicted molar refractivity (Wildman–Crippen MR) is 127 cm³/mol. The number of anilines is 2. The number of likely N-dealkylation sites (N-methyl/N-ethyl adjacent to an activating group) is 1. The van der Waals surface area contributed by atoms with Gasteiger partial charge < -0.3 is 10.2 Å². The molecule has 2 aromatic rings. The first-order valence-electron chi connectivity index (χ1n) is 12.0. The SMILES string of the molecule is Cc1cc(C)nc(Nc2cccc([C@@H]3CCCN(CC(=O)N(C)C4CCCCC4)C3)n2)n1. The summed E-state index contributed by atoms with van der Waals surface area (Å²) in [6.07, 6.45) is 8.29. The smallest absolute Gasteiger partial charge is 0.236 e. The molecule has 0 aromatic carbocycles. The van der Waals surface area contributed by atoms with E-state index in [1.54, 1.807) is 0 Å². The van der Waals surface area contributed by atoms with Gasteiger partial charge >= 0.3 is 0 Å². The number of pyridine rings is 1. The Labute approximate surface area is 191 Å². The molecule has 172 valence electrons. The molecule has 32 heavy (non-hydrogen) atoms. The van der Waals surface area contributed by atoms with Crippen molar-refractivity contribution in [1.82, 2.24) is 24.8 Å². The monoisotopic (exact) mass is 436 g/mol. The number of likely N-dealkylation sites (tertiary alicyclic amines) is 1. The van der Waals surface area contributed by atoms with Crippen LogP contribution in [0, 0.1) is 13.8 Å². The van der Waals surface area contributed by atoms with Crippen LogP contribution in [0.25, 0.3) is 0 Å². The van der Waals surface area contributed by atoms with Crippen molar-refractivity contribution < 1.29 is 4.79 Å². The molecule has 2 aliphatic rings. The summed E-state index contributed by atoms with van der Waals surface area (Å²) in [5.41, 5.74) is 2.93. The van der Waals surface area contributed by atoms with Crippen molar-refractivity contribution in [2.24, 2.45) is 0 Å². The molecule has 0 bridgehead atoms. The van der Waals surface area contributed by atoms with Gasteiger partial charge in [-0.15, -0.1) is 0 Å². The summed E-state index contributed by atoms with van der Waals surface area (Å²) in [5.74, 6) is 1.93. The second-order valence-corrected chi connectivity index (χ2v) is 9.42. The van der Waals surface area contributed by atoms with E-state index in [1.807, 2.05) is 44.0 Å². The third-order valence-corrected chi connectivity index (χ3v) is 6.79. The number of rotatable bonds is 6. The third-order valence-electron chi connectivity index (χ3n) is 6.79. The van der Waals surface area contributed by atoms with Gasteiger partial charge in [0.2, 0.25) is 11.9 Å². The second-order valence-electron chi connectivity index (χ2n) is 9.42. The summed E-state index contributed by atoms with van der Waals surface area (Å²) in [7, 11) is 1.99. The lowest BCUT2D eigenvalue weighted by molar-refractivity contribution is -0.134. The number of hydrogen-bond donors (Lipinski definition) is 1. The average Bonchev–Trinajstić information content (AvgIpc) is 2.79. The fraction of sp³-hybridized carbons (Fsp3) is 0.600. The van der Waals surface area contributed by atoms with E-state index in [1.165, 1.54) is 19.3 Å². The highest BCUT2D eigenvalue weighted by atomic mass is 16.2. The largest absolute Gasteiger partial charge is 0.342 e.